The van der Waals surface area contributed by atoms with E-state index >= 15 is 0 Å². The molecule has 1 aliphatic carbocycles. The summed E-state index contributed by atoms with van der Waals surface area (Å²) < 4.78 is 5.47. The highest BCUT2D eigenvalue weighted by Crippen LogP contribution is 2.42. The third-order valence-corrected chi connectivity index (χ3v) is 4.77. The standard InChI is InChI=1S/C14H23N3OS.HI/c1-14(2)11(7-12(14)18-4)17-13(15-3)16-8-10-5-6-19-9-10;/h5-6,9,11-12H,7-8H2,1-4H3,(H2,15,16,17);1H. The molecule has 0 spiro atoms. The molecule has 4 nitrogen and oxygen atoms in total. The van der Waals surface area contributed by atoms with Gasteiger partial charge in [-0.3, -0.25) is 4.99 Å². The highest BCUT2D eigenvalue weighted by molar-refractivity contribution is 14.0. The topological polar surface area (TPSA) is 45.7 Å². The zero-order chi connectivity index (χ0) is 13.9. The first-order valence-electron chi connectivity index (χ1n) is 6.59. The summed E-state index contributed by atoms with van der Waals surface area (Å²) in [5.41, 5.74) is 1.44. The number of rotatable bonds is 4. The maximum absolute atomic E-state index is 5.47. The zero-order valence-corrected chi connectivity index (χ0v) is 15.6. The van der Waals surface area contributed by atoms with Gasteiger partial charge in [0.15, 0.2) is 5.96 Å². The van der Waals surface area contributed by atoms with Gasteiger partial charge in [-0.05, 0) is 28.8 Å². The molecule has 2 rings (SSSR count). The molecule has 0 aliphatic heterocycles. The molecule has 20 heavy (non-hydrogen) atoms. The van der Waals surface area contributed by atoms with Crippen molar-refractivity contribution in [3.63, 3.8) is 0 Å². The number of thiophene rings is 1. The number of methoxy groups -OCH3 is 1. The van der Waals surface area contributed by atoms with Gasteiger partial charge in [-0.1, -0.05) is 13.8 Å². The number of hydrogen-bond donors (Lipinski definition) is 2. The average Bonchev–Trinajstić information content (AvgIpc) is 2.90. The van der Waals surface area contributed by atoms with Gasteiger partial charge in [0, 0.05) is 32.2 Å². The number of ether oxygens (including phenoxy) is 1. The van der Waals surface area contributed by atoms with E-state index in [1.807, 2.05) is 7.05 Å². The van der Waals surface area contributed by atoms with Crippen LogP contribution in [-0.4, -0.2) is 32.3 Å². The molecule has 0 radical (unpaired) electrons. The number of guanidine groups is 1. The molecule has 0 bridgehead atoms. The molecule has 1 saturated carbocycles. The third-order valence-electron chi connectivity index (χ3n) is 4.04. The summed E-state index contributed by atoms with van der Waals surface area (Å²) in [6.07, 6.45) is 1.36. The van der Waals surface area contributed by atoms with E-state index in [4.69, 9.17) is 4.74 Å². The molecule has 1 aliphatic rings. The van der Waals surface area contributed by atoms with Crippen molar-refractivity contribution in [1.29, 1.82) is 0 Å². The van der Waals surface area contributed by atoms with Gasteiger partial charge in [-0.2, -0.15) is 11.3 Å². The summed E-state index contributed by atoms with van der Waals surface area (Å²) in [6.45, 7) is 5.27. The van der Waals surface area contributed by atoms with E-state index in [-0.39, 0.29) is 29.4 Å². The van der Waals surface area contributed by atoms with Crippen molar-refractivity contribution in [2.75, 3.05) is 14.2 Å². The van der Waals surface area contributed by atoms with Gasteiger partial charge < -0.3 is 15.4 Å². The Hall–Kier alpha value is -0.340. The number of nitrogens with one attached hydrogen (secondary N) is 2. The van der Waals surface area contributed by atoms with Crippen LogP contribution < -0.4 is 10.6 Å². The number of hydrogen-bond acceptors (Lipinski definition) is 3. The minimum Gasteiger partial charge on any atom is -0.381 e. The fourth-order valence-electron chi connectivity index (χ4n) is 2.47. The van der Waals surface area contributed by atoms with Crippen molar-refractivity contribution in [2.24, 2.45) is 10.4 Å². The van der Waals surface area contributed by atoms with Crippen LogP contribution in [0.15, 0.2) is 21.8 Å². The lowest BCUT2D eigenvalue weighted by atomic mass is 9.64. The molecule has 114 valence electrons. The smallest absolute Gasteiger partial charge is 0.191 e. The van der Waals surface area contributed by atoms with Crippen LogP contribution in [0.2, 0.25) is 0 Å². The van der Waals surface area contributed by atoms with Gasteiger partial charge in [-0.25, -0.2) is 0 Å². The van der Waals surface area contributed by atoms with Crippen molar-refractivity contribution in [2.45, 2.75) is 39.0 Å². The van der Waals surface area contributed by atoms with Crippen molar-refractivity contribution >= 4 is 41.3 Å². The molecule has 0 saturated heterocycles. The Morgan fingerprint density at radius 2 is 2.30 bits per heavy atom. The molecule has 6 heteroatoms. The normalized spacial score (nSPS) is 24.5. The lowest BCUT2D eigenvalue weighted by Gasteiger charge is -2.51. The fourth-order valence-corrected chi connectivity index (χ4v) is 3.14. The Kier molecular flexibility index (Phi) is 6.74. The number of halogens is 1. The Labute approximate surface area is 142 Å². The Morgan fingerprint density at radius 1 is 1.55 bits per heavy atom. The predicted octanol–water partition coefficient (Wildman–Crippen LogP) is 2.84. The molecular weight excluding hydrogens is 385 g/mol. The van der Waals surface area contributed by atoms with Gasteiger partial charge in [0.2, 0.25) is 0 Å². The summed E-state index contributed by atoms with van der Waals surface area (Å²) in [4.78, 5) is 4.28. The first-order chi connectivity index (χ1) is 9.07. The molecule has 1 heterocycles. The predicted molar refractivity (Wildman–Crippen MR) is 96.1 cm³/mol. The van der Waals surface area contributed by atoms with Crippen LogP contribution in [0.4, 0.5) is 0 Å². The maximum atomic E-state index is 5.47. The second-order valence-electron chi connectivity index (χ2n) is 5.54. The van der Waals surface area contributed by atoms with E-state index < -0.39 is 0 Å². The minimum absolute atomic E-state index is 0. The molecule has 2 N–H and O–H groups in total. The van der Waals surface area contributed by atoms with Gasteiger partial charge >= 0.3 is 0 Å². The monoisotopic (exact) mass is 409 g/mol. The quantitative estimate of drug-likeness (QED) is 0.457. The Balaban J connectivity index is 0.00000200. The zero-order valence-electron chi connectivity index (χ0n) is 12.5. The number of nitrogens with zero attached hydrogens (tertiary/aromatic N) is 1. The van der Waals surface area contributed by atoms with Crippen LogP contribution in [0.3, 0.4) is 0 Å². The van der Waals surface area contributed by atoms with E-state index in [1.54, 1.807) is 18.4 Å². The van der Waals surface area contributed by atoms with Crippen molar-refractivity contribution in [1.82, 2.24) is 10.6 Å². The molecular formula is C14H24IN3OS. The van der Waals surface area contributed by atoms with Crippen LogP contribution in [0, 0.1) is 5.41 Å². The van der Waals surface area contributed by atoms with Crippen LogP contribution >= 0.6 is 35.3 Å². The van der Waals surface area contributed by atoms with Crippen molar-refractivity contribution in [3.05, 3.63) is 22.4 Å². The van der Waals surface area contributed by atoms with E-state index in [0.29, 0.717) is 12.1 Å². The fraction of sp³-hybridized carbons (Fsp3) is 0.643. The second kappa shape index (κ2) is 7.61. The van der Waals surface area contributed by atoms with Gasteiger partial charge in [0.05, 0.1) is 6.10 Å². The molecule has 2 atom stereocenters. The lowest BCUT2D eigenvalue weighted by Crippen LogP contribution is -2.63. The van der Waals surface area contributed by atoms with Crippen molar-refractivity contribution in [3.8, 4) is 0 Å². The lowest BCUT2D eigenvalue weighted by molar-refractivity contribution is -0.0922. The first kappa shape index (κ1) is 17.7. The number of aliphatic imine (C=N–C) groups is 1. The molecule has 0 aromatic carbocycles. The van der Waals surface area contributed by atoms with Crippen molar-refractivity contribution < 1.29 is 4.74 Å². The molecule has 2 unspecified atom stereocenters. The van der Waals surface area contributed by atoms with E-state index in [9.17, 15) is 0 Å². The van der Waals surface area contributed by atoms with Crippen LogP contribution in [0.1, 0.15) is 25.8 Å². The highest BCUT2D eigenvalue weighted by Gasteiger charge is 2.48. The van der Waals surface area contributed by atoms with Crippen LogP contribution in [0.5, 0.6) is 0 Å². The Bertz CT molecular complexity index is 434. The summed E-state index contributed by atoms with van der Waals surface area (Å²) in [6, 6.07) is 2.53. The summed E-state index contributed by atoms with van der Waals surface area (Å²) in [5, 5.41) is 11.1. The summed E-state index contributed by atoms with van der Waals surface area (Å²) in [5.74, 6) is 0.860. The highest BCUT2D eigenvalue weighted by atomic mass is 127. The SMILES string of the molecule is CN=C(NCc1ccsc1)NC1CC(OC)C1(C)C.I. The second-order valence-corrected chi connectivity index (χ2v) is 6.32. The van der Waals surface area contributed by atoms with Gasteiger partial charge in [0.1, 0.15) is 0 Å². The first-order valence-corrected chi connectivity index (χ1v) is 7.53. The van der Waals surface area contributed by atoms with E-state index in [1.165, 1.54) is 5.56 Å². The molecule has 1 aromatic heterocycles. The van der Waals surface area contributed by atoms with Gasteiger partial charge in [-0.15, -0.1) is 24.0 Å². The molecule has 1 fully saturated rings. The molecule has 0 amide bonds. The minimum atomic E-state index is 0. The largest absolute Gasteiger partial charge is 0.381 e. The third kappa shape index (κ3) is 3.85. The maximum Gasteiger partial charge on any atom is 0.191 e. The molecule has 1 aromatic rings. The van der Waals surface area contributed by atoms with Crippen LogP contribution in [0.25, 0.3) is 0 Å². The van der Waals surface area contributed by atoms with E-state index in [2.05, 4.69) is 46.3 Å². The average molecular weight is 409 g/mol. The van der Waals surface area contributed by atoms with Gasteiger partial charge in [0.25, 0.3) is 0 Å². The summed E-state index contributed by atoms with van der Waals surface area (Å²) >= 11 is 1.71. The summed E-state index contributed by atoms with van der Waals surface area (Å²) in [7, 11) is 3.59. The Morgan fingerprint density at radius 3 is 2.80 bits per heavy atom. The van der Waals surface area contributed by atoms with E-state index in [0.717, 1.165) is 18.9 Å². The van der Waals surface area contributed by atoms with Crippen LogP contribution in [-0.2, 0) is 11.3 Å².